The van der Waals surface area contributed by atoms with Crippen LogP contribution in [0.15, 0.2) is 30.3 Å². The van der Waals surface area contributed by atoms with E-state index in [4.69, 9.17) is 9.47 Å². The number of para-hydroxylation sites is 1. The molecule has 1 aliphatic rings. The number of carbonyl (C=O) groups is 2. The normalized spacial score (nSPS) is 15.1. The number of hydrogen-bond acceptors (Lipinski definition) is 4. The van der Waals surface area contributed by atoms with Gasteiger partial charge in [-0.25, -0.2) is 0 Å². The van der Waals surface area contributed by atoms with Crippen LogP contribution in [0.4, 0.5) is 0 Å². The van der Waals surface area contributed by atoms with Crippen LogP contribution in [0.1, 0.15) is 19.8 Å². The zero-order valence-corrected chi connectivity index (χ0v) is 14.2. The molecule has 6 nitrogen and oxygen atoms in total. The maximum atomic E-state index is 12.2. The Labute approximate surface area is 143 Å². The van der Waals surface area contributed by atoms with Crippen molar-refractivity contribution in [3.63, 3.8) is 0 Å². The second-order valence-electron chi connectivity index (χ2n) is 5.87. The third-order valence-electron chi connectivity index (χ3n) is 4.10. The summed E-state index contributed by atoms with van der Waals surface area (Å²) < 4.78 is 10.6. The van der Waals surface area contributed by atoms with E-state index in [2.05, 4.69) is 5.32 Å². The molecule has 1 heterocycles. The predicted octanol–water partition coefficient (Wildman–Crippen LogP) is 1.46. The van der Waals surface area contributed by atoms with Gasteiger partial charge in [-0.1, -0.05) is 18.2 Å². The van der Waals surface area contributed by atoms with Crippen LogP contribution < -0.4 is 10.1 Å². The highest BCUT2D eigenvalue weighted by atomic mass is 16.5. The molecule has 0 spiro atoms. The van der Waals surface area contributed by atoms with Crippen molar-refractivity contribution < 1.29 is 19.1 Å². The monoisotopic (exact) mass is 334 g/mol. The average Bonchev–Trinajstić information content (AvgIpc) is 2.64. The fraction of sp³-hybridized carbons (Fsp3) is 0.556. The Balaban J connectivity index is 1.63. The van der Waals surface area contributed by atoms with Gasteiger partial charge in [-0.3, -0.25) is 9.59 Å². The summed E-state index contributed by atoms with van der Waals surface area (Å²) in [6.07, 6.45) is 1.79. The van der Waals surface area contributed by atoms with E-state index < -0.39 is 0 Å². The molecule has 1 fully saturated rings. The number of ether oxygens (including phenoxy) is 2. The smallest absolute Gasteiger partial charge is 0.260 e. The molecule has 24 heavy (non-hydrogen) atoms. The third kappa shape index (κ3) is 6.20. The molecule has 0 bridgehead atoms. The number of hydrogen-bond donors (Lipinski definition) is 1. The van der Waals surface area contributed by atoms with Gasteiger partial charge in [0.05, 0.1) is 0 Å². The minimum absolute atomic E-state index is 0.0117. The van der Waals surface area contributed by atoms with Gasteiger partial charge in [0.1, 0.15) is 12.4 Å². The van der Waals surface area contributed by atoms with Crippen molar-refractivity contribution in [3.8, 4) is 5.75 Å². The predicted molar refractivity (Wildman–Crippen MR) is 90.7 cm³/mol. The molecule has 1 aromatic carbocycles. The number of benzene rings is 1. The Bertz CT molecular complexity index is 513. The maximum Gasteiger partial charge on any atom is 0.260 e. The van der Waals surface area contributed by atoms with Crippen molar-refractivity contribution in [2.75, 3.05) is 39.5 Å². The highest BCUT2D eigenvalue weighted by Crippen LogP contribution is 2.17. The lowest BCUT2D eigenvalue weighted by Gasteiger charge is -2.32. The van der Waals surface area contributed by atoms with Crippen LogP contribution in [-0.2, 0) is 14.3 Å². The van der Waals surface area contributed by atoms with Crippen LogP contribution in [0.3, 0.4) is 0 Å². The van der Waals surface area contributed by atoms with E-state index in [1.54, 1.807) is 0 Å². The zero-order valence-electron chi connectivity index (χ0n) is 14.2. The van der Waals surface area contributed by atoms with E-state index in [1.165, 1.54) is 0 Å². The topological polar surface area (TPSA) is 67.9 Å². The molecule has 0 aromatic heterocycles. The SMILES string of the molecule is CCOCC(=O)NCC1CCN(C(=O)COc2ccccc2)CC1. The molecule has 0 unspecified atom stereocenters. The molecule has 2 rings (SSSR count). The van der Waals surface area contributed by atoms with E-state index in [1.807, 2.05) is 42.2 Å². The first kappa shape index (κ1) is 18.3. The second-order valence-corrected chi connectivity index (χ2v) is 5.87. The Morgan fingerprint density at radius 1 is 1.17 bits per heavy atom. The molecule has 132 valence electrons. The first-order valence-corrected chi connectivity index (χ1v) is 8.49. The summed E-state index contributed by atoms with van der Waals surface area (Å²) in [4.78, 5) is 25.5. The highest BCUT2D eigenvalue weighted by Gasteiger charge is 2.23. The molecule has 0 aliphatic carbocycles. The molecule has 1 saturated heterocycles. The fourth-order valence-electron chi connectivity index (χ4n) is 2.64. The van der Waals surface area contributed by atoms with Crippen molar-refractivity contribution in [2.24, 2.45) is 5.92 Å². The highest BCUT2D eigenvalue weighted by molar-refractivity contribution is 5.78. The summed E-state index contributed by atoms with van der Waals surface area (Å²) in [6, 6.07) is 9.35. The first-order chi connectivity index (χ1) is 11.7. The Morgan fingerprint density at radius 2 is 1.88 bits per heavy atom. The summed E-state index contributed by atoms with van der Waals surface area (Å²) in [5.41, 5.74) is 0. The molecule has 0 saturated carbocycles. The molecule has 2 amide bonds. The molecule has 0 radical (unpaired) electrons. The molecule has 1 N–H and O–H groups in total. The molecular weight excluding hydrogens is 308 g/mol. The lowest BCUT2D eigenvalue weighted by atomic mass is 9.97. The van der Waals surface area contributed by atoms with Crippen molar-refractivity contribution in [1.82, 2.24) is 10.2 Å². The standard InChI is InChI=1S/C18H26N2O4/c1-2-23-13-17(21)19-12-15-8-10-20(11-9-15)18(22)14-24-16-6-4-3-5-7-16/h3-7,15H,2,8-14H2,1H3,(H,19,21). The summed E-state index contributed by atoms with van der Waals surface area (Å²) in [7, 11) is 0. The Morgan fingerprint density at radius 3 is 2.54 bits per heavy atom. The van der Waals surface area contributed by atoms with E-state index >= 15 is 0 Å². The van der Waals surface area contributed by atoms with Crippen molar-refractivity contribution >= 4 is 11.8 Å². The molecule has 1 aromatic rings. The number of likely N-dealkylation sites (tertiary alicyclic amines) is 1. The van der Waals surface area contributed by atoms with E-state index in [9.17, 15) is 9.59 Å². The van der Waals surface area contributed by atoms with E-state index in [-0.39, 0.29) is 25.0 Å². The van der Waals surface area contributed by atoms with Gasteiger partial charge in [0.2, 0.25) is 5.91 Å². The summed E-state index contributed by atoms with van der Waals surface area (Å²) in [6.45, 7) is 4.66. The largest absolute Gasteiger partial charge is 0.484 e. The van der Waals surface area contributed by atoms with Crippen LogP contribution in [-0.4, -0.2) is 56.2 Å². The van der Waals surface area contributed by atoms with Crippen LogP contribution >= 0.6 is 0 Å². The summed E-state index contributed by atoms with van der Waals surface area (Å²) >= 11 is 0. The summed E-state index contributed by atoms with van der Waals surface area (Å²) in [5.74, 6) is 1.05. The average molecular weight is 334 g/mol. The zero-order chi connectivity index (χ0) is 17.2. The number of nitrogens with one attached hydrogen (secondary N) is 1. The minimum Gasteiger partial charge on any atom is -0.484 e. The van der Waals surface area contributed by atoms with Gasteiger partial charge in [0.15, 0.2) is 6.61 Å². The number of carbonyl (C=O) groups excluding carboxylic acids is 2. The second kappa shape index (κ2) is 9.93. The van der Waals surface area contributed by atoms with Gasteiger partial charge in [0, 0.05) is 26.2 Å². The Kier molecular flexibility index (Phi) is 7.55. The molecule has 0 atom stereocenters. The van der Waals surface area contributed by atoms with Gasteiger partial charge >= 0.3 is 0 Å². The lowest BCUT2D eigenvalue weighted by Crippen LogP contribution is -2.43. The quantitative estimate of drug-likeness (QED) is 0.781. The van der Waals surface area contributed by atoms with Crippen LogP contribution in [0, 0.1) is 5.92 Å². The summed E-state index contributed by atoms with van der Waals surface area (Å²) in [5, 5.41) is 2.89. The van der Waals surface area contributed by atoms with Crippen molar-refractivity contribution in [3.05, 3.63) is 30.3 Å². The molecular formula is C18H26N2O4. The van der Waals surface area contributed by atoms with Crippen molar-refractivity contribution in [1.29, 1.82) is 0 Å². The van der Waals surface area contributed by atoms with Gasteiger partial charge in [-0.2, -0.15) is 0 Å². The van der Waals surface area contributed by atoms with Gasteiger partial charge in [0.25, 0.3) is 5.91 Å². The van der Waals surface area contributed by atoms with E-state index in [0.29, 0.717) is 37.9 Å². The van der Waals surface area contributed by atoms with Gasteiger partial charge in [-0.15, -0.1) is 0 Å². The maximum absolute atomic E-state index is 12.2. The number of amides is 2. The van der Waals surface area contributed by atoms with Gasteiger partial charge in [-0.05, 0) is 37.8 Å². The van der Waals surface area contributed by atoms with Crippen LogP contribution in [0.25, 0.3) is 0 Å². The third-order valence-corrected chi connectivity index (χ3v) is 4.10. The van der Waals surface area contributed by atoms with Crippen LogP contribution in [0.5, 0.6) is 5.75 Å². The Hall–Kier alpha value is -2.08. The molecule has 6 heteroatoms. The lowest BCUT2D eigenvalue weighted by molar-refractivity contribution is -0.135. The number of nitrogens with zero attached hydrogens (tertiary/aromatic N) is 1. The number of rotatable bonds is 8. The molecule has 1 aliphatic heterocycles. The first-order valence-electron chi connectivity index (χ1n) is 8.49. The minimum atomic E-state index is -0.0772. The van der Waals surface area contributed by atoms with E-state index in [0.717, 1.165) is 12.8 Å². The fourth-order valence-corrected chi connectivity index (χ4v) is 2.64. The number of piperidine rings is 1. The van der Waals surface area contributed by atoms with Gasteiger partial charge < -0.3 is 19.7 Å². The van der Waals surface area contributed by atoms with Crippen molar-refractivity contribution in [2.45, 2.75) is 19.8 Å². The van der Waals surface area contributed by atoms with Crippen LogP contribution in [0.2, 0.25) is 0 Å².